The van der Waals surface area contributed by atoms with Gasteiger partial charge in [-0.25, -0.2) is 4.39 Å². The average molecular weight is 389 g/mol. The van der Waals surface area contributed by atoms with Crippen LogP contribution < -0.4 is 5.32 Å². The fourth-order valence-electron chi connectivity index (χ4n) is 3.32. The van der Waals surface area contributed by atoms with Crippen molar-refractivity contribution >= 4 is 23.4 Å². The minimum atomic E-state index is -0.252. The highest BCUT2D eigenvalue weighted by atomic mass is 35.5. The predicted molar refractivity (Wildman–Crippen MR) is 103 cm³/mol. The average Bonchev–Trinajstić information content (AvgIpc) is 2.69. The molecule has 1 aliphatic rings. The van der Waals surface area contributed by atoms with Crippen molar-refractivity contribution in [2.24, 2.45) is 5.92 Å². The van der Waals surface area contributed by atoms with Gasteiger partial charge in [0.05, 0.1) is 10.6 Å². The number of amides is 2. The van der Waals surface area contributed by atoms with Gasteiger partial charge in [-0.1, -0.05) is 41.9 Å². The molecule has 2 amide bonds. The Morgan fingerprint density at radius 1 is 1.07 bits per heavy atom. The molecule has 2 aromatic carbocycles. The summed E-state index contributed by atoms with van der Waals surface area (Å²) >= 11 is 6.10. The lowest BCUT2D eigenvalue weighted by atomic mass is 9.95. The normalized spacial score (nSPS) is 14.8. The Balaban J connectivity index is 1.46. The Morgan fingerprint density at radius 2 is 1.74 bits per heavy atom. The number of piperidine rings is 1. The van der Waals surface area contributed by atoms with Gasteiger partial charge in [-0.3, -0.25) is 9.59 Å². The number of hydrogen-bond donors (Lipinski definition) is 1. The Hall–Kier alpha value is -2.40. The third kappa shape index (κ3) is 4.86. The number of carbonyl (C=O) groups excluding carboxylic acids is 2. The van der Waals surface area contributed by atoms with E-state index < -0.39 is 0 Å². The molecule has 4 nitrogen and oxygen atoms in total. The van der Waals surface area contributed by atoms with Crippen molar-refractivity contribution in [3.63, 3.8) is 0 Å². The second-order valence-corrected chi connectivity index (χ2v) is 7.09. The minimum Gasteiger partial charge on any atom is -0.356 e. The smallest absolute Gasteiger partial charge is 0.255 e. The molecule has 1 fully saturated rings. The highest BCUT2D eigenvalue weighted by Gasteiger charge is 2.28. The number of nitrogens with zero attached hydrogens (tertiary/aromatic N) is 1. The van der Waals surface area contributed by atoms with Crippen molar-refractivity contribution in [1.82, 2.24) is 10.2 Å². The van der Waals surface area contributed by atoms with Gasteiger partial charge in [-0.15, -0.1) is 0 Å². The quantitative estimate of drug-likeness (QED) is 0.849. The first-order chi connectivity index (χ1) is 13.1. The van der Waals surface area contributed by atoms with Crippen LogP contribution in [0.4, 0.5) is 4.39 Å². The summed E-state index contributed by atoms with van der Waals surface area (Å²) < 4.78 is 13.6. The molecular weight excluding hydrogens is 367 g/mol. The van der Waals surface area contributed by atoms with Crippen LogP contribution in [0.3, 0.4) is 0 Å². The summed E-state index contributed by atoms with van der Waals surface area (Å²) in [6.07, 6.45) is 1.69. The summed E-state index contributed by atoms with van der Waals surface area (Å²) in [5.74, 6) is -0.505. The topological polar surface area (TPSA) is 49.4 Å². The molecule has 27 heavy (non-hydrogen) atoms. The van der Waals surface area contributed by atoms with Crippen LogP contribution in [-0.4, -0.2) is 36.3 Å². The summed E-state index contributed by atoms with van der Waals surface area (Å²) in [6, 6.07) is 13.6. The molecule has 1 aliphatic heterocycles. The molecule has 1 N–H and O–H groups in total. The maximum Gasteiger partial charge on any atom is 0.255 e. The second kappa shape index (κ2) is 9.00. The zero-order valence-corrected chi connectivity index (χ0v) is 15.7. The van der Waals surface area contributed by atoms with Crippen molar-refractivity contribution in [3.8, 4) is 0 Å². The van der Waals surface area contributed by atoms with E-state index in [9.17, 15) is 14.0 Å². The number of rotatable bonds is 5. The van der Waals surface area contributed by atoms with Crippen LogP contribution in [0.25, 0.3) is 0 Å². The largest absolute Gasteiger partial charge is 0.356 e. The zero-order chi connectivity index (χ0) is 19.2. The first kappa shape index (κ1) is 19.4. The van der Waals surface area contributed by atoms with Crippen molar-refractivity contribution < 1.29 is 14.0 Å². The van der Waals surface area contributed by atoms with Crippen LogP contribution in [0, 0.1) is 11.7 Å². The van der Waals surface area contributed by atoms with Gasteiger partial charge in [0.1, 0.15) is 5.82 Å². The molecule has 0 bridgehead atoms. The molecule has 1 heterocycles. The number of nitrogens with one attached hydrogen (secondary N) is 1. The van der Waals surface area contributed by atoms with Gasteiger partial charge < -0.3 is 10.2 Å². The third-order valence-electron chi connectivity index (χ3n) is 4.91. The maximum atomic E-state index is 13.6. The summed E-state index contributed by atoms with van der Waals surface area (Å²) in [5, 5.41) is 3.32. The molecule has 6 heteroatoms. The lowest BCUT2D eigenvalue weighted by Crippen LogP contribution is -2.43. The van der Waals surface area contributed by atoms with Crippen molar-refractivity contribution in [2.45, 2.75) is 19.3 Å². The molecule has 0 unspecified atom stereocenters. The molecule has 3 rings (SSSR count). The minimum absolute atomic E-state index is 0.0313. The van der Waals surface area contributed by atoms with Gasteiger partial charge in [-0.05, 0) is 43.0 Å². The van der Waals surface area contributed by atoms with Crippen LogP contribution in [0.1, 0.15) is 28.8 Å². The Morgan fingerprint density at radius 3 is 2.44 bits per heavy atom. The zero-order valence-electron chi connectivity index (χ0n) is 15.0. The number of benzene rings is 2. The molecule has 1 saturated heterocycles. The monoisotopic (exact) mass is 388 g/mol. The molecule has 0 aliphatic carbocycles. The van der Waals surface area contributed by atoms with Crippen LogP contribution >= 0.6 is 11.6 Å². The summed E-state index contributed by atoms with van der Waals surface area (Å²) in [4.78, 5) is 26.6. The molecule has 0 radical (unpaired) electrons. The summed E-state index contributed by atoms with van der Waals surface area (Å²) in [5.41, 5.74) is 1.09. The molecule has 0 saturated carbocycles. The van der Waals surface area contributed by atoms with Crippen LogP contribution in [0.15, 0.2) is 48.5 Å². The van der Waals surface area contributed by atoms with E-state index in [1.165, 1.54) is 6.07 Å². The first-order valence-electron chi connectivity index (χ1n) is 9.11. The van der Waals surface area contributed by atoms with E-state index in [2.05, 4.69) is 5.32 Å². The SMILES string of the molecule is O=C(NCCc1ccccc1F)C1CCN(C(=O)c2ccccc2Cl)CC1. The molecule has 2 aromatic rings. The fourth-order valence-corrected chi connectivity index (χ4v) is 3.53. The van der Waals surface area contributed by atoms with Crippen LogP contribution in [-0.2, 0) is 11.2 Å². The van der Waals surface area contributed by atoms with Crippen LogP contribution in [0.5, 0.6) is 0 Å². The van der Waals surface area contributed by atoms with Crippen molar-refractivity contribution in [3.05, 3.63) is 70.5 Å². The standard InChI is InChI=1S/C21H22ClFN2O2/c22-18-7-3-2-6-17(18)21(27)25-13-10-16(11-14-25)20(26)24-12-9-15-5-1-4-8-19(15)23/h1-8,16H,9-14H2,(H,24,26). The van der Waals surface area contributed by atoms with E-state index in [1.807, 2.05) is 0 Å². The lowest BCUT2D eigenvalue weighted by molar-refractivity contribution is -0.126. The van der Waals surface area contributed by atoms with E-state index in [4.69, 9.17) is 11.6 Å². The Bertz CT molecular complexity index is 819. The van der Waals surface area contributed by atoms with E-state index >= 15 is 0 Å². The van der Waals surface area contributed by atoms with E-state index in [0.29, 0.717) is 55.0 Å². The molecular formula is C21H22ClFN2O2. The second-order valence-electron chi connectivity index (χ2n) is 6.68. The maximum absolute atomic E-state index is 13.6. The van der Waals surface area contributed by atoms with Gasteiger partial charge in [0, 0.05) is 25.6 Å². The van der Waals surface area contributed by atoms with Gasteiger partial charge >= 0.3 is 0 Å². The molecule has 142 valence electrons. The van der Waals surface area contributed by atoms with Gasteiger partial charge in [0.15, 0.2) is 0 Å². The van der Waals surface area contributed by atoms with Crippen molar-refractivity contribution in [2.75, 3.05) is 19.6 Å². The number of hydrogen-bond acceptors (Lipinski definition) is 2. The first-order valence-corrected chi connectivity index (χ1v) is 9.49. The third-order valence-corrected chi connectivity index (χ3v) is 5.24. The van der Waals surface area contributed by atoms with Gasteiger partial charge in [0.25, 0.3) is 5.91 Å². The lowest BCUT2D eigenvalue weighted by Gasteiger charge is -2.31. The molecule has 0 aromatic heterocycles. The number of carbonyl (C=O) groups is 2. The Kier molecular flexibility index (Phi) is 6.45. The Labute approximate surface area is 163 Å². The van der Waals surface area contributed by atoms with Gasteiger partial charge in [-0.2, -0.15) is 0 Å². The number of likely N-dealkylation sites (tertiary alicyclic amines) is 1. The summed E-state index contributed by atoms with van der Waals surface area (Å²) in [6.45, 7) is 1.45. The highest BCUT2D eigenvalue weighted by molar-refractivity contribution is 6.33. The van der Waals surface area contributed by atoms with Crippen LogP contribution in [0.2, 0.25) is 5.02 Å². The molecule has 0 atom stereocenters. The predicted octanol–water partition coefficient (Wildman–Crippen LogP) is 3.69. The van der Waals surface area contributed by atoms with E-state index in [-0.39, 0.29) is 23.5 Å². The van der Waals surface area contributed by atoms with Crippen molar-refractivity contribution in [1.29, 1.82) is 0 Å². The fraction of sp³-hybridized carbons (Fsp3) is 0.333. The highest BCUT2D eigenvalue weighted by Crippen LogP contribution is 2.22. The van der Waals surface area contributed by atoms with E-state index in [1.54, 1.807) is 47.4 Å². The van der Waals surface area contributed by atoms with E-state index in [0.717, 1.165) is 0 Å². The molecule has 0 spiro atoms. The van der Waals surface area contributed by atoms with Gasteiger partial charge in [0.2, 0.25) is 5.91 Å². The number of halogens is 2. The summed E-state index contributed by atoms with van der Waals surface area (Å²) in [7, 11) is 0.